The van der Waals surface area contributed by atoms with Gasteiger partial charge in [-0.2, -0.15) is 0 Å². The minimum Gasteiger partial charge on any atom is -1.00 e. The number of rotatable bonds is 18. The summed E-state index contributed by atoms with van der Waals surface area (Å²) in [6, 6.07) is 0. The van der Waals surface area contributed by atoms with Gasteiger partial charge in [0.2, 0.25) is 0 Å². The monoisotopic (exact) mass is 405 g/mol. The van der Waals surface area contributed by atoms with Crippen LogP contribution in [0.25, 0.3) is 0 Å². The first-order chi connectivity index (χ1) is 11.2. The lowest BCUT2D eigenvalue weighted by atomic mass is 10.1. The zero-order valence-electron chi connectivity index (χ0n) is 17.6. The molecule has 0 unspecified atom stereocenters. The van der Waals surface area contributed by atoms with E-state index in [1.807, 2.05) is 0 Å². The molecule has 0 saturated heterocycles. The molecule has 0 aliphatic rings. The van der Waals surface area contributed by atoms with Gasteiger partial charge in [-0.1, -0.05) is 85.5 Å². The van der Waals surface area contributed by atoms with Crippen LogP contribution in [0.15, 0.2) is 0 Å². The van der Waals surface area contributed by atoms with Crippen molar-refractivity contribution in [3.8, 4) is 0 Å². The molecule has 0 heterocycles. The maximum atomic E-state index is 2.35. The van der Waals surface area contributed by atoms with Crippen molar-refractivity contribution in [3.05, 3.63) is 0 Å². The molecule has 0 aromatic carbocycles. The fourth-order valence-corrected chi connectivity index (χ4v) is 3.73. The van der Waals surface area contributed by atoms with Crippen molar-refractivity contribution in [2.24, 2.45) is 0 Å². The van der Waals surface area contributed by atoms with E-state index >= 15 is 0 Å². The Kier molecular flexibility index (Phi) is 22.0. The highest BCUT2D eigenvalue weighted by molar-refractivity contribution is 4.51. The summed E-state index contributed by atoms with van der Waals surface area (Å²) in [6.45, 7) is 15.1. The molecule has 0 rings (SSSR count). The Morgan fingerprint density at radius 1 is 0.375 bits per heavy atom. The number of unbranched alkanes of at least 4 members (excludes halogenated alkanes) is 10. The van der Waals surface area contributed by atoms with Gasteiger partial charge in [0.1, 0.15) is 0 Å². The van der Waals surface area contributed by atoms with Crippen molar-refractivity contribution in [2.75, 3.05) is 26.2 Å². The van der Waals surface area contributed by atoms with Gasteiger partial charge in [0.25, 0.3) is 0 Å². The molecular formula is C22H48BrN. The van der Waals surface area contributed by atoms with Crippen LogP contribution in [0.4, 0.5) is 0 Å². The molecule has 0 N–H and O–H groups in total. The van der Waals surface area contributed by atoms with Crippen molar-refractivity contribution >= 4 is 0 Å². The average molecular weight is 407 g/mol. The normalized spacial score (nSPS) is 11.5. The lowest BCUT2D eigenvalue weighted by Crippen LogP contribution is -3.00. The van der Waals surface area contributed by atoms with Gasteiger partial charge < -0.3 is 21.5 Å². The molecule has 0 amide bonds. The van der Waals surface area contributed by atoms with Crippen LogP contribution in [0, 0.1) is 0 Å². The van der Waals surface area contributed by atoms with Gasteiger partial charge in [0.15, 0.2) is 0 Å². The molecule has 0 aliphatic heterocycles. The smallest absolute Gasteiger partial charge is 0.0786 e. The molecule has 2 heteroatoms. The van der Waals surface area contributed by atoms with Crippen molar-refractivity contribution < 1.29 is 21.5 Å². The van der Waals surface area contributed by atoms with Crippen LogP contribution >= 0.6 is 0 Å². The number of halogens is 1. The van der Waals surface area contributed by atoms with E-state index in [2.05, 4.69) is 27.7 Å². The first-order valence-electron chi connectivity index (χ1n) is 11.1. The van der Waals surface area contributed by atoms with Gasteiger partial charge in [0, 0.05) is 0 Å². The minimum atomic E-state index is 0. The Labute approximate surface area is 165 Å². The Morgan fingerprint density at radius 2 is 0.667 bits per heavy atom. The summed E-state index contributed by atoms with van der Waals surface area (Å²) in [5.41, 5.74) is 0. The second-order valence-electron chi connectivity index (χ2n) is 7.77. The first kappa shape index (κ1) is 26.7. The predicted molar refractivity (Wildman–Crippen MR) is 107 cm³/mol. The summed E-state index contributed by atoms with van der Waals surface area (Å²) in [4.78, 5) is 0. The topological polar surface area (TPSA) is 0 Å². The van der Waals surface area contributed by atoms with Gasteiger partial charge in [-0.3, -0.25) is 0 Å². The average Bonchev–Trinajstić information content (AvgIpc) is 2.58. The van der Waals surface area contributed by atoms with E-state index in [-0.39, 0.29) is 17.0 Å². The lowest BCUT2D eigenvalue weighted by Gasteiger charge is -2.39. The van der Waals surface area contributed by atoms with Crippen LogP contribution in [0.3, 0.4) is 0 Å². The molecule has 0 bridgehead atoms. The third kappa shape index (κ3) is 14.8. The number of quaternary nitrogens is 1. The molecule has 148 valence electrons. The van der Waals surface area contributed by atoms with Crippen LogP contribution in [0.1, 0.15) is 118 Å². The Morgan fingerprint density at radius 3 is 1.04 bits per heavy atom. The van der Waals surface area contributed by atoms with E-state index in [1.54, 1.807) is 0 Å². The Hall–Kier alpha value is 0.440. The summed E-state index contributed by atoms with van der Waals surface area (Å²) >= 11 is 0. The highest BCUT2D eigenvalue weighted by Crippen LogP contribution is 2.18. The fourth-order valence-electron chi connectivity index (χ4n) is 3.73. The number of hydrogen-bond acceptors (Lipinski definition) is 0. The number of nitrogens with zero attached hydrogens (tertiary/aromatic N) is 1. The van der Waals surface area contributed by atoms with Gasteiger partial charge in [-0.25, -0.2) is 0 Å². The van der Waals surface area contributed by atoms with Gasteiger partial charge in [-0.15, -0.1) is 0 Å². The largest absolute Gasteiger partial charge is 1.00 e. The van der Waals surface area contributed by atoms with E-state index < -0.39 is 0 Å². The molecule has 0 fully saturated rings. The van der Waals surface area contributed by atoms with Gasteiger partial charge >= 0.3 is 0 Å². The van der Waals surface area contributed by atoms with Crippen molar-refractivity contribution in [2.45, 2.75) is 118 Å². The summed E-state index contributed by atoms with van der Waals surface area (Å²) in [5, 5.41) is 0. The zero-order chi connectivity index (χ0) is 17.2. The highest BCUT2D eigenvalue weighted by Gasteiger charge is 2.24. The van der Waals surface area contributed by atoms with Crippen molar-refractivity contribution in [3.63, 3.8) is 0 Å². The van der Waals surface area contributed by atoms with E-state index in [9.17, 15) is 0 Å². The first-order valence-corrected chi connectivity index (χ1v) is 11.1. The molecule has 24 heavy (non-hydrogen) atoms. The molecule has 0 spiro atoms. The fraction of sp³-hybridized carbons (Fsp3) is 1.00. The SMILES string of the molecule is CCCCCCCCCC[N+](CCCC)(CCCC)CCCC.[Br-]. The maximum Gasteiger partial charge on any atom is 0.0786 e. The van der Waals surface area contributed by atoms with Gasteiger partial charge in [0.05, 0.1) is 26.2 Å². The second-order valence-corrected chi connectivity index (χ2v) is 7.77. The molecule has 1 nitrogen and oxygen atoms in total. The summed E-state index contributed by atoms with van der Waals surface area (Å²) in [6.07, 6.45) is 19.9. The van der Waals surface area contributed by atoms with Crippen LogP contribution in [-0.2, 0) is 0 Å². The Balaban J connectivity index is 0. The molecule has 0 radical (unpaired) electrons. The molecule has 0 aliphatic carbocycles. The van der Waals surface area contributed by atoms with Crippen molar-refractivity contribution in [1.82, 2.24) is 0 Å². The third-order valence-corrected chi connectivity index (χ3v) is 5.44. The standard InChI is InChI=1S/C22H48N.BrH/c1-5-9-13-14-15-16-17-18-22-23(19-10-6-2,20-11-7-3)21-12-8-4;/h5-22H2,1-4H3;1H/q+1;/p-1. The Bertz CT molecular complexity index is 208. The van der Waals surface area contributed by atoms with Crippen LogP contribution < -0.4 is 17.0 Å². The third-order valence-electron chi connectivity index (χ3n) is 5.44. The minimum absolute atomic E-state index is 0. The van der Waals surface area contributed by atoms with E-state index in [4.69, 9.17) is 0 Å². The van der Waals surface area contributed by atoms with Crippen LogP contribution in [0.5, 0.6) is 0 Å². The molecule has 0 aromatic rings. The van der Waals surface area contributed by atoms with Crippen LogP contribution in [0.2, 0.25) is 0 Å². The lowest BCUT2D eigenvalue weighted by molar-refractivity contribution is -0.929. The van der Waals surface area contributed by atoms with E-state index in [0.29, 0.717) is 0 Å². The quantitative estimate of drug-likeness (QED) is 0.235. The molecule has 0 atom stereocenters. The maximum absolute atomic E-state index is 2.35. The van der Waals surface area contributed by atoms with E-state index in [1.165, 1.54) is 121 Å². The van der Waals surface area contributed by atoms with Crippen molar-refractivity contribution in [1.29, 1.82) is 0 Å². The molecule has 0 aromatic heterocycles. The van der Waals surface area contributed by atoms with E-state index in [0.717, 1.165) is 0 Å². The highest BCUT2D eigenvalue weighted by atomic mass is 79.9. The van der Waals surface area contributed by atoms with Gasteiger partial charge in [-0.05, 0) is 32.1 Å². The zero-order valence-corrected chi connectivity index (χ0v) is 19.1. The number of hydrogen-bond donors (Lipinski definition) is 0. The second kappa shape index (κ2) is 19.8. The summed E-state index contributed by atoms with van der Waals surface area (Å²) in [5.74, 6) is 0. The molecular weight excluding hydrogens is 358 g/mol. The predicted octanol–water partition coefficient (Wildman–Crippen LogP) is 4.35. The van der Waals surface area contributed by atoms with Crippen LogP contribution in [-0.4, -0.2) is 30.7 Å². The molecule has 0 saturated carbocycles. The summed E-state index contributed by atoms with van der Waals surface area (Å²) < 4.78 is 1.44. The summed E-state index contributed by atoms with van der Waals surface area (Å²) in [7, 11) is 0.